The van der Waals surface area contributed by atoms with Gasteiger partial charge in [-0.3, -0.25) is 4.79 Å². The number of carbonyl (C=O) groups is 1. The van der Waals surface area contributed by atoms with Crippen LogP contribution in [-0.2, 0) is 19.6 Å². The molecule has 1 aliphatic heterocycles. The monoisotopic (exact) mass is 406 g/mol. The van der Waals surface area contributed by atoms with Gasteiger partial charge in [-0.05, 0) is 30.4 Å². The van der Waals surface area contributed by atoms with Gasteiger partial charge >= 0.3 is 0 Å². The summed E-state index contributed by atoms with van der Waals surface area (Å²) in [6.45, 7) is 1.34. The summed E-state index contributed by atoms with van der Waals surface area (Å²) in [4.78, 5) is 11.3. The average Bonchev–Trinajstić information content (AvgIpc) is 2.62. The highest BCUT2D eigenvalue weighted by Gasteiger charge is 2.26. The van der Waals surface area contributed by atoms with Crippen molar-refractivity contribution in [2.75, 3.05) is 45.2 Å². The molecular formula is C14H19ClN4O4S2. The Hall–Kier alpha value is -1.46. The first kappa shape index (κ1) is 19.9. The van der Waals surface area contributed by atoms with E-state index >= 15 is 0 Å². The smallest absolute Gasteiger partial charge is 0.243 e. The molecule has 0 bridgehead atoms. The van der Waals surface area contributed by atoms with Crippen molar-refractivity contribution in [3.05, 3.63) is 23.2 Å². The molecule has 11 heteroatoms. The molecule has 0 atom stereocenters. The molecule has 1 aliphatic rings. The maximum absolute atomic E-state index is 12.7. The topological polar surface area (TPSA) is 99.8 Å². The summed E-state index contributed by atoms with van der Waals surface area (Å²) in [5, 5.41) is 8.43. The lowest BCUT2D eigenvalue weighted by molar-refractivity contribution is -0.119. The molecule has 0 radical (unpaired) electrons. The number of likely N-dealkylation sites (N-methyl/N-ethyl adjacent to an activating group) is 1. The number of ether oxygens (including phenoxy) is 1. The molecule has 8 nitrogen and oxygen atoms in total. The maximum Gasteiger partial charge on any atom is 0.243 e. The minimum Gasteiger partial charge on any atom is -0.379 e. The van der Waals surface area contributed by atoms with Crippen molar-refractivity contribution in [3.63, 3.8) is 0 Å². The van der Waals surface area contributed by atoms with Gasteiger partial charge in [-0.1, -0.05) is 11.6 Å². The molecule has 0 aliphatic carbocycles. The van der Waals surface area contributed by atoms with Crippen LogP contribution in [0, 0.1) is 0 Å². The van der Waals surface area contributed by atoms with E-state index < -0.39 is 10.0 Å². The first-order valence-corrected chi connectivity index (χ1v) is 9.70. The number of amides is 1. The molecule has 138 valence electrons. The Balaban J connectivity index is 2.14. The van der Waals surface area contributed by atoms with E-state index in [1.54, 1.807) is 0 Å². The Labute approximate surface area is 156 Å². The van der Waals surface area contributed by atoms with Gasteiger partial charge in [-0.25, -0.2) is 8.42 Å². The van der Waals surface area contributed by atoms with E-state index in [1.165, 1.54) is 29.6 Å². The summed E-state index contributed by atoms with van der Waals surface area (Å²) >= 11 is 11.2. The van der Waals surface area contributed by atoms with Gasteiger partial charge in [0.1, 0.15) is 0 Å². The minimum absolute atomic E-state index is 0.00821. The quantitative estimate of drug-likeness (QED) is 0.608. The highest BCUT2D eigenvalue weighted by atomic mass is 35.5. The molecule has 1 amide bonds. The van der Waals surface area contributed by atoms with Crippen LogP contribution in [0.4, 0.5) is 5.69 Å². The number of anilines is 1. The van der Waals surface area contributed by atoms with E-state index in [0.717, 1.165) is 0 Å². The fraction of sp³-hybridized carbons (Fsp3) is 0.429. The number of halogens is 1. The first-order chi connectivity index (χ1) is 11.8. The number of hydrogen-bond donors (Lipinski definition) is 3. The summed E-state index contributed by atoms with van der Waals surface area (Å²) in [7, 11) is -2.13. The summed E-state index contributed by atoms with van der Waals surface area (Å²) < 4.78 is 31.9. The van der Waals surface area contributed by atoms with Gasteiger partial charge in [0.05, 0.1) is 35.4 Å². The van der Waals surface area contributed by atoms with E-state index in [0.29, 0.717) is 37.0 Å². The predicted molar refractivity (Wildman–Crippen MR) is 99.3 cm³/mol. The van der Waals surface area contributed by atoms with Crippen molar-refractivity contribution in [3.8, 4) is 0 Å². The Morgan fingerprint density at radius 1 is 1.36 bits per heavy atom. The normalized spacial score (nSPS) is 15.4. The number of thiocarbonyl (C=S) groups is 1. The van der Waals surface area contributed by atoms with Crippen LogP contribution in [-0.4, -0.2) is 63.6 Å². The van der Waals surface area contributed by atoms with Gasteiger partial charge < -0.3 is 20.7 Å². The number of benzene rings is 1. The van der Waals surface area contributed by atoms with Crippen molar-refractivity contribution in [1.29, 1.82) is 0 Å². The molecule has 0 spiro atoms. The molecule has 1 fully saturated rings. The maximum atomic E-state index is 12.7. The van der Waals surface area contributed by atoms with Crippen molar-refractivity contribution >= 4 is 50.5 Å². The lowest BCUT2D eigenvalue weighted by atomic mass is 10.3. The summed E-state index contributed by atoms with van der Waals surface area (Å²) in [5.41, 5.74) is 0.338. The summed E-state index contributed by atoms with van der Waals surface area (Å²) in [6.07, 6.45) is 0. The third-order valence-corrected chi connectivity index (χ3v) is 5.95. The second-order valence-corrected chi connectivity index (χ2v) is 7.89. The largest absolute Gasteiger partial charge is 0.379 e. The zero-order chi connectivity index (χ0) is 18.4. The van der Waals surface area contributed by atoms with E-state index in [9.17, 15) is 13.2 Å². The lowest BCUT2D eigenvalue weighted by Gasteiger charge is -2.26. The highest BCUT2D eigenvalue weighted by molar-refractivity contribution is 7.89. The fourth-order valence-corrected chi connectivity index (χ4v) is 3.89. The second kappa shape index (κ2) is 8.77. The third kappa shape index (κ3) is 5.25. The predicted octanol–water partition coefficient (Wildman–Crippen LogP) is 0.393. The van der Waals surface area contributed by atoms with E-state index in [2.05, 4.69) is 16.0 Å². The van der Waals surface area contributed by atoms with E-state index in [4.69, 9.17) is 28.6 Å². The van der Waals surface area contributed by atoms with Crippen LogP contribution in [0.15, 0.2) is 23.1 Å². The molecule has 2 rings (SSSR count). The third-order valence-electron chi connectivity index (χ3n) is 3.48. The van der Waals surface area contributed by atoms with Crippen LogP contribution in [0.5, 0.6) is 0 Å². The number of sulfonamides is 1. The van der Waals surface area contributed by atoms with Crippen molar-refractivity contribution in [1.82, 2.24) is 14.9 Å². The molecule has 1 aromatic rings. The number of nitrogens with one attached hydrogen (secondary N) is 3. The van der Waals surface area contributed by atoms with Gasteiger partial charge in [0.25, 0.3) is 0 Å². The average molecular weight is 407 g/mol. The molecule has 0 aromatic heterocycles. The SMILES string of the molecule is CNC(=O)CNC(=S)Nc1cc(S(=O)(=O)N2CCOCC2)ccc1Cl. The van der Waals surface area contributed by atoms with Gasteiger partial charge in [0, 0.05) is 20.1 Å². The van der Waals surface area contributed by atoms with Crippen LogP contribution < -0.4 is 16.0 Å². The van der Waals surface area contributed by atoms with Crippen LogP contribution in [0.25, 0.3) is 0 Å². The molecule has 0 unspecified atom stereocenters. The number of morpholine rings is 1. The minimum atomic E-state index is -3.64. The Kier molecular flexibility index (Phi) is 6.96. The Morgan fingerprint density at radius 3 is 2.68 bits per heavy atom. The van der Waals surface area contributed by atoms with Crippen LogP contribution in [0.3, 0.4) is 0 Å². The zero-order valence-electron chi connectivity index (χ0n) is 13.5. The lowest BCUT2D eigenvalue weighted by Crippen LogP contribution is -2.40. The van der Waals surface area contributed by atoms with Gasteiger partial charge in [-0.15, -0.1) is 0 Å². The molecule has 0 saturated carbocycles. The molecule has 1 saturated heterocycles. The second-order valence-electron chi connectivity index (χ2n) is 5.14. The van der Waals surface area contributed by atoms with Gasteiger partial charge in [0.2, 0.25) is 15.9 Å². The van der Waals surface area contributed by atoms with Gasteiger partial charge in [0.15, 0.2) is 5.11 Å². The molecular weight excluding hydrogens is 388 g/mol. The van der Waals surface area contributed by atoms with Crippen LogP contribution >= 0.6 is 23.8 Å². The highest BCUT2D eigenvalue weighted by Crippen LogP contribution is 2.27. The standard InChI is InChI=1S/C14H19ClN4O4S2/c1-16-13(20)9-17-14(24)18-12-8-10(2-3-11(12)15)25(21,22)19-4-6-23-7-5-19/h2-3,8H,4-7,9H2,1H3,(H,16,20)(H2,17,18,24). The molecule has 1 heterocycles. The number of rotatable bonds is 5. The van der Waals surface area contributed by atoms with E-state index in [-0.39, 0.29) is 22.5 Å². The summed E-state index contributed by atoms with van der Waals surface area (Å²) in [5.74, 6) is -0.237. The molecule has 25 heavy (non-hydrogen) atoms. The number of hydrogen-bond acceptors (Lipinski definition) is 5. The van der Waals surface area contributed by atoms with Gasteiger partial charge in [-0.2, -0.15) is 4.31 Å². The number of nitrogens with zero attached hydrogens (tertiary/aromatic N) is 1. The van der Waals surface area contributed by atoms with Crippen LogP contribution in [0.2, 0.25) is 5.02 Å². The van der Waals surface area contributed by atoms with E-state index in [1.807, 2.05) is 0 Å². The Morgan fingerprint density at radius 2 is 2.04 bits per heavy atom. The van der Waals surface area contributed by atoms with Crippen molar-refractivity contribution < 1.29 is 17.9 Å². The zero-order valence-corrected chi connectivity index (χ0v) is 15.9. The molecule has 1 aromatic carbocycles. The molecule has 3 N–H and O–H groups in total. The van der Waals surface area contributed by atoms with Crippen LogP contribution in [0.1, 0.15) is 0 Å². The summed E-state index contributed by atoms with van der Waals surface area (Å²) in [6, 6.07) is 4.35. The Bertz CT molecular complexity index is 751. The number of carbonyl (C=O) groups excluding carboxylic acids is 1. The van der Waals surface area contributed by atoms with Crippen molar-refractivity contribution in [2.24, 2.45) is 0 Å². The first-order valence-electron chi connectivity index (χ1n) is 7.47. The van der Waals surface area contributed by atoms with Crippen molar-refractivity contribution in [2.45, 2.75) is 4.90 Å². The fourth-order valence-electron chi connectivity index (χ4n) is 2.11.